The number of benzene rings is 2. The molecule has 2 aromatic rings. The largest absolute Gasteiger partial charge is 0.494 e. The number of anilines is 2. The molecule has 3 aliphatic rings. The molecular formula is C31H39Cl2N3O4. The quantitative estimate of drug-likeness (QED) is 0.236. The van der Waals surface area contributed by atoms with E-state index in [0.29, 0.717) is 41.3 Å². The lowest BCUT2D eigenvalue weighted by Gasteiger charge is -2.36. The number of fused-ring (bicyclic) bond motifs is 1. The molecule has 2 heterocycles. The van der Waals surface area contributed by atoms with Gasteiger partial charge in [-0.05, 0) is 67.8 Å². The monoisotopic (exact) mass is 587 g/mol. The lowest BCUT2D eigenvalue weighted by atomic mass is 10.0. The van der Waals surface area contributed by atoms with E-state index in [1.54, 1.807) is 4.90 Å². The van der Waals surface area contributed by atoms with Gasteiger partial charge in [0.25, 0.3) is 0 Å². The second-order valence-corrected chi connectivity index (χ2v) is 12.2. The Morgan fingerprint density at radius 2 is 1.82 bits per heavy atom. The van der Waals surface area contributed by atoms with Crippen molar-refractivity contribution in [3.63, 3.8) is 0 Å². The Labute approximate surface area is 247 Å². The highest BCUT2D eigenvalue weighted by Crippen LogP contribution is 2.45. The van der Waals surface area contributed by atoms with Gasteiger partial charge in [-0.1, -0.05) is 49.2 Å². The third kappa shape index (κ3) is 6.87. The minimum Gasteiger partial charge on any atom is -0.494 e. The Kier molecular flexibility index (Phi) is 9.44. The van der Waals surface area contributed by atoms with Gasteiger partial charge in [0.1, 0.15) is 5.75 Å². The van der Waals surface area contributed by atoms with Crippen molar-refractivity contribution in [1.82, 2.24) is 4.90 Å². The predicted octanol–water partition coefficient (Wildman–Crippen LogP) is 6.05. The van der Waals surface area contributed by atoms with Crippen molar-refractivity contribution >= 4 is 46.5 Å². The number of hydrogen-bond acceptors (Lipinski definition) is 6. The van der Waals surface area contributed by atoms with Gasteiger partial charge in [-0.2, -0.15) is 0 Å². The van der Waals surface area contributed by atoms with E-state index in [4.69, 9.17) is 32.7 Å². The molecule has 2 unspecified atom stereocenters. The third-order valence-corrected chi connectivity index (χ3v) is 9.18. The molecule has 2 aromatic carbocycles. The molecule has 2 fully saturated rings. The van der Waals surface area contributed by atoms with Gasteiger partial charge in [-0.3, -0.25) is 19.4 Å². The summed E-state index contributed by atoms with van der Waals surface area (Å²) in [5.41, 5.74) is 2.87. The van der Waals surface area contributed by atoms with Gasteiger partial charge in [0.05, 0.1) is 33.9 Å². The van der Waals surface area contributed by atoms with Crippen LogP contribution < -0.4 is 14.5 Å². The molecule has 0 bridgehead atoms. The number of rotatable bonds is 11. The van der Waals surface area contributed by atoms with Gasteiger partial charge >= 0.3 is 5.97 Å². The zero-order valence-electron chi connectivity index (χ0n) is 23.4. The van der Waals surface area contributed by atoms with Crippen molar-refractivity contribution in [3.8, 4) is 5.75 Å². The molecular weight excluding hydrogens is 549 g/mol. The lowest BCUT2D eigenvalue weighted by Crippen LogP contribution is -2.46. The fourth-order valence-corrected chi connectivity index (χ4v) is 6.20. The second-order valence-electron chi connectivity index (χ2n) is 11.4. The number of unbranched alkanes of at least 4 members (excludes halogenated alkanes) is 1. The van der Waals surface area contributed by atoms with Crippen LogP contribution in [0, 0.1) is 17.8 Å². The predicted molar refractivity (Wildman–Crippen MR) is 159 cm³/mol. The number of piperazine rings is 1. The number of hydrogen-bond donors (Lipinski definition) is 0. The third-order valence-electron chi connectivity index (χ3n) is 8.37. The number of amides is 1. The van der Waals surface area contributed by atoms with Crippen LogP contribution in [0.3, 0.4) is 0 Å². The fraction of sp³-hybridized carbons (Fsp3) is 0.548. The molecule has 1 saturated carbocycles. The SMILES string of the molecule is CC(C)C1CC1C(=O)OCN1C(=O)CCc2ccc(OCCCCN3CCN(c4cccc(Cl)c4Cl)CC3)cc21. The van der Waals surface area contributed by atoms with Crippen LogP contribution >= 0.6 is 23.2 Å². The minimum absolute atomic E-state index is 0.0219. The van der Waals surface area contributed by atoms with Gasteiger partial charge in [-0.15, -0.1) is 0 Å². The van der Waals surface area contributed by atoms with Crippen LogP contribution in [-0.4, -0.2) is 62.8 Å². The molecule has 1 amide bonds. The Morgan fingerprint density at radius 3 is 2.58 bits per heavy atom. The molecule has 1 aliphatic carbocycles. The van der Waals surface area contributed by atoms with E-state index in [9.17, 15) is 9.59 Å². The number of ether oxygens (including phenoxy) is 2. The topological polar surface area (TPSA) is 62.3 Å². The van der Waals surface area contributed by atoms with Crippen molar-refractivity contribution in [2.75, 3.05) is 55.9 Å². The summed E-state index contributed by atoms with van der Waals surface area (Å²) in [6.45, 7) is 9.69. The molecule has 0 aromatic heterocycles. The van der Waals surface area contributed by atoms with Crippen molar-refractivity contribution in [2.45, 2.75) is 46.0 Å². The highest BCUT2D eigenvalue weighted by molar-refractivity contribution is 6.43. The summed E-state index contributed by atoms with van der Waals surface area (Å²) in [6, 6.07) is 11.7. The zero-order chi connectivity index (χ0) is 28.2. The van der Waals surface area contributed by atoms with Crippen LogP contribution in [0.5, 0.6) is 5.75 Å². The second kappa shape index (κ2) is 13.0. The van der Waals surface area contributed by atoms with Gasteiger partial charge in [0.2, 0.25) is 5.91 Å². The highest BCUT2D eigenvalue weighted by Gasteiger charge is 2.46. The van der Waals surface area contributed by atoms with Crippen molar-refractivity contribution in [2.24, 2.45) is 17.8 Å². The lowest BCUT2D eigenvalue weighted by molar-refractivity contribution is -0.146. The first kappa shape index (κ1) is 29.0. The Balaban J connectivity index is 1.05. The molecule has 0 N–H and O–H groups in total. The molecule has 40 heavy (non-hydrogen) atoms. The Bertz CT molecular complexity index is 1220. The number of nitrogens with zero attached hydrogens (tertiary/aromatic N) is 3. The number of aryl methyl sites for hydroxylation is 1. The normalized spacial score (nSPS) is 21.0. The van der Waals surface area contributed by atoms with Gasteiger partial charge < -0.3 is 14.4 Å². The zero-order valence-corrected chi connectivity index (χ0v) is 24.9. The molecule has 1 saturated heterocycles. The van der Waals surface area contributed by atoms with Crippen LogP contribution in [0.15, 0.2) is 36.4 Å². The maximum atomic E-state index is 12.7. The molecule has 7 nitrogen and oxygen atoms in total. The molecule has 216 valence electrons. The van der Waals surface area contributed by atoms with E-state index in [1.165, 1.54) is 0 Å². The van der Waals surface area contributed by atoms with E-state index in [1.807, 2.05) is 36.4 Å². The van der Waals surface area contributed by atoms with Gasteiger partial charge in [-0.25, -0.2) is 0 Å². The fourth-order valence-electron chi connectivity index (χ4n) is 5.78. The van der Waals surface area contributed by atoms with E-state index in [-0.39, 0.29) is 24.5 Å². The number of halogens is 2. The average molecular weight is 589 g/mol. The van der Waals surface area contributed by atoms with Crippen molar-refractivity contribution in [3.05, 3.63) is 52.0 Å². The number of carbonyl (C=O) groups is 2. The van der Waals surface area contributed by atoms with Crippen LogP contribution in [0.4, 0.5) is 11.4 Å². The summed E-state index contributed by atoms with van der Waals surface area (Å²) >= 11 is 12.6. The maximum absolute atomic E-state index is 12.7. The molecule has 2 atom stereocenters. The number of carbonyl (C=O) groups excluding carboxylic acids is 2. The maximum Gasteiger partial charge on any atom is 0.310 e. The van der Waals surface area contributed by atoms with Crippen molar-refractivity contribution < 1.29 is 19.1 Å². The van der Waals surface area contributed by atoms with E-state index < -0.39 is 0 Å². The minimum atomic E-state index is -0.194. The van der Waals surface area contributed by atoms with Crippen molar-refractivity contribution in [1.29, 1.82) is 0 Å². The van der Waals surface area contributed by atoms with Crippen LogP contribution in [0.25, 0.3) is 0 Å². The highest BCUT2D eigenvalue weighted by atomic mass is 35.5. The summed E-state index contributed by atoms with van der Waals surface area (Å²) in [6.07, 6.45) is 3.97. The summed E-state index contributed by atoms with van der Waals surface area (Å²) in [4.78, 5) is 31.5. The first-order chi connectivity index (χ1) is 19.3. The molecule has 0 spiro atoms. The van der Waals surface area contributed by atoms with Crippen LogP contribution in [0.1, 0.15) is 45.1 Å². The van der Waals surface area contributed by atoms with Gasteiger partial charge in [0, 0.05) is 38.7 Å². The summed E-state index contributed by atoms with van der Waals surface area (Å²) in [5, 5.41) is 1.22. The molecule has 2 aliphatic heterocycles. The van der Waals surface area contributed by atoms with E-state index >= 15 is 0 Å². The van der Waals surface area contributed by atoms with Gasteiger partial charge in [0.15, 0.2) is 6.73 Å². The Morgan fingerprint density at radius 1 is 1.02 bits per heavy atom. The van der Waals surface area contributed by atoms with E-state index in [0.717, 1.165) is 74.7 Å². The number of esters is 1. The molecule has 5 rings (SSSR count). The van der Waals surface area contributed by atoms with Crippen LogP contribution in [0.2, 0.25) is 10.0 Å². The molecule has 9 heteroatoms. The summed E-state index contributed by atoms with van der Waals surface area (Å²) < 4.78 is 11.6. The first-order valence-corrected chi connectivity index (χ1v) is 15.2. The Hall–Kier alpha value is -2.48. The average Bonchev–Trinajstić information content (AvgIpc) is 3.76. The van der Waals surface area contributed by atoms with E-state index in [2.05, 4.69) is 23.6 Å². The molecule has 0 radical (unpaired) electrons. The standard InChI is InChI=1S/C31H39Cl2N3O4/c1-21(2)24-19-25(24)31(38)40-20-36-28-18-23(10-8-22(28)9-11-29(36)37)39-17-4-3-12-34-13-15-35(16-14-34)27-7-5-6-26(32)30(27)33/h5-8,10,18,21,24-25H,3-4,9,11-17,19-20H2,1-2H3. The van der Waals surface area contributed by atoms with Crippen LogP contribution in [-0.2, 0) is 20.7 Å². The summed E-state index contributed by atoms with van der Waals surface area (Å²) in [5.74, 6) is 1.36. The summed E-state index contributed by atoms with van der Waals surface area (Å²) in [7, 11) is 0. The smallest absolute Gasteiger partial charge is 0.310 e. The first-order valence-electron chi connectivity index (χ1n) is 14.5.